The fraction of sp³-hybridized carbons (Fsp3) is 0.242. The molecule has 1 aliphatic rings. The van der Waals surface area contributed by atoms with Crippen molar-refractivity contribution in [2.24, 2.45) is 4.99 Å². The quantitative estimate of drug-likeness (QED) is 0.200. The lowest BCUT2D eigenvalue weighted by Gasteiger charge is -2.24. The smallest absolute Gasteiger partial charge is 0.338 e. The maximum atomic E-state index is 14.1. The summed E-state index contributed by atoms with van der Waals surface area (Å²) < 4.78 is 39.1. The number of fused-ring (bicyclic) bond motifs is 1. The van der Waals surface area contributed by atoms with Crippen LogP contribution in [-0.4, -0.2) is 30.9 Å². The van der Waals surface area contributed by atoms with Crippen LogP contribution in [-0.2, 0) is 16.1 Å². The van der Waals surface area contributed by atoms with Gasteiger partial charge in [0.15, 0.2) is 16.3 Å². The summed E-state index contributed by atoms with van der Waals surface area (Å²) in [7, 11) is 1.51. The molecule has 0 aliphatic carbocycles. The normalized spacial score (nSPS) is 14.6. The molecular weight excluding hydrogens is 651 g/mol. The molecule has 0 radical (unpaired) electrons. The van der Waals surface area contributed by atoms with Gasteiger partial charge in [-0.05, 0) is 68.3 Å². The number of halogens is 2. The van der Waals surface area contributed by atoms with Crippen molar-refractivity contribution in [1.82, 2.24) is 4.57 Å². The van der Waals surface area contributed by atoms with Gasteiger partial charge in [-0.2, -0.15) is 0 Å². The fourth-order valence-corrected chi connectivity index (χ4v) is 6.34. The number of allylic oxidation sites excluding steroid dienone is 1. The van der Waals surface area contributed by atoms with Crippen LogP contribution in [0.2, 0.25) is 0 Å². The summed E-state index contributed by atoms with van der Waals surface area (Å²) in [5, 5.41) is 0. The van der Waals surface area contributed by atoms with Crippen molar-refractivity contribution < 1.29 is 28.1 Å². The van der Waals surface area contributed by atoms with Gasteiger partial charge in [0.05, 0.1) is 42.2 Å². The van der Waals surface area contributed by atoms with E-state index < -0.39 is 12.0 Å². The Morgan fingerprint density at radius 3 is 2.50 bits per heavy atom. The molecule has 4 aromatic rings. The van der Waals surface area contributed by atoms with E-state index in [1.54, 1.807) is 50.3 Å². The van der Waals surface area contributed by atoms with Crippen LogP contribution in [0.1, 0.15) is 43.5 Å². The highest BCUT2D eigenvalue weighted by Crippen LogP contribution is 2.35. The lowest BCUT2D eigenvalue weighted by molar-refractivity contribution is -0.139. The summed E-state index contributed by atoms with van der Waals surface area (Å²) in [5.74, 6) is 0.618. The zero-order valence-electron chi connectivity index (χ0n) is 24.6. The van der Waals surface area contributed by atoms with Crippen LogP contribution in [0, 0.1) is 5.82 Å². The summed E-state index contributed by atoms with van der Waals surface area (Å²) in [6.45, 7) is 6.09. The van der Waals surface area contributed by atoms with Gasteiger partial charge < -0.3 is 18.9 Å². The number of ether oxygens (including phenoxy) is 4. The molecule has 11 heteroatoms. The highest BCUT2D eigenvalue weighted by molar-refractivity contribution is 9.10. The lowest BCUT2D eigenvalue weighted by atomic mass is 9.96. The molecule has 0 saturated heterocycles. The molecule has 0 bridgehead atoms. The number of benzene rings is 3. The number of carbonyl (C=O) groups is 1. The third-order valence-corrected chi connectivity index (χ3v) is 8.60. The van der Waals surface area contributed by atoms with E-state index in [0.29, 0.717) is 60.1 Å². The highest BCUT2D eigenvalue weighted by atomic mass is 79.9. The number of methoxy groups -OCH3 is 1. The average molecular weight is 682 g/mol. The zero-order chi connectivity index (χ0) is 31.4. The highest BCUT2D eigenvalue weighted by Gasteiger charge is 2.33. The van der Waals surface area contributed by atoms with E-state index in [-0.39, 0.29) is 24.6 Å². The maximum absolute atomic E-state index is 14.1. The Kier molecular flexibility index (Phi) is 9.65. The van der Waals surface area contributed by atoms with Crippen molar-refractivity contribution >= 4 is 39.3 Å². The first-order chi connectivity index (χ1) is 21.2. The Hall–Kier alpha value is -4.22. The van der Waals surface area contributed by atoms with Crippen LogP contribution in [0.5, 0.6) is 17.2 Å². The van der Waals surface area contributed by atoms with Crippen LogP contribution in [0.3, 0.4) is 0 Å². The SMILES string of the molecule is CCOC(=O)C1=C(C)N=c2s/c(=C/c3cc(OC)c(OCc4ccccc4F)cc3Br)c(=O)n2[C@@H]1c1ccc(OCC)cc1. The van der Waals surface area contributed by atoms with Gasteiger partial charge in [-0.15, -0.1) is 0 Å². The fourth-order valence-electron chi connectivity index (χ4n) is 4.87. The number of carbonyl (C=O) groups excluding carboxylic acids is 1. The molecule has 0 fully saturated rings. The Morgan fingerprint density at radius 2 is 1.82 bits per heavy atom. The molecule has 0 N–H and O–H groups in total. The van der Waals surface area contributed by atoms with E-state index in [9.17, 15) is 14.0 Å². The number of hydrogen-bond donors (Lipinski definition) is 0. The third-order valence-electron chi connectivity index (χ3n) is 6.93. The summed E-state index contributed by atoms with van der Waals surface area (Å²) in [6.07, 6.45) is 1.73. The monoisotopic (exact) mass is 680 g/mol. The zero-order valence-corrected chi connectivity index (χ0v) is 27.0. The first kappa shape index (κ1) is 31.2. The molecular formula is C33H30BrFN2O6S. The van der Waals surface area contributed by atoms with Crippen molar-refractivity contribution in [3.05, 3.63) is 119 Å². The van der Waals surface area contributed by atoms with Crippen molar-refractivity contribution in [2.45, 2.75) is 33.4 Å². The average Bonchev–Trinajstić information content (AvgIpc) is 3.31. The lowest BCUT2D eigenvalue weighted by Crippen LogP contribution is -2.39. The predicted octanol–water partition coefficient (Wildman–Crippen LogP) is 5.69. The summed E-state index contributed by atoms with van der Waals surface area (Å²) >= 11 is 4.79. The molecule has 228 valence electrons. The van der Waals surface area contributed by atoms with Crippen molar-refractivity contribution in [3.63, 3.8) is 0 Å². The van der Waals surface area contributed by atoms with Crippen molar-refractivity contribution in [2.75, 3.05) is 20.3 Å². The molecule has 0 spiro atoms. The van der Waals surface area contributed by atoms with E-state index in [4.69, 9.17) is 18.9 Å². The second-order valence-electron chi connectivity index (χ2n) is 9.71. The largest absolute Gasteiger partial charge is 0.494 e. The van der Waals surface area contributed by atoms with E-state index in [0.717, 1.165) is 5.56 Å². The van der Waals surface area contributed by atoms with E-state index in [1.807, 2.05) is 31.2 Å². The second kappa shape index (κ2) is 13.6. The van der Waals surface area contributed by atoms with Gasteiger partial charge in [0.2, 0.25) is 0 Å². The molecule has 1 aliphatic heterocycles. The summed E-state index contributed by atoms with van der Waals surface area (Å²) in [6, 6.07) is 16.4. The maximum Gasteiger partial charge on any atom is 0.338 e. The molecule has 2 heterocycles. The number of aromatic nitrogens is 1. The van der Waals surface area contributed by atoms with E-state index in [1.165, 1.54) is 29.1 Å². The van der Waals surface area contributed by atoms with Crippen LogP contribution in [0.15, 0.2) is 86.2 Å². The van der Waals surface area contributed by atoms with Crippen molar-refractivity contribution in [1.29, 1.82) is 0 Å². The first-order valence-corrected chi connectivity index (χ1v) is 15.5. The minimum Gasteiger partial charge on any atom is -0.494 e. The molecule has 8 nitrogen and oxygen atoms in total. The number of rotatable bonds is 10. The molecule has 3 aromatic carbocycles. The minimum atomic E-state index is -0.740. The van der Waals surface area contributed by atoms with Gasteiger partial charge in [0, 0.05) is 10.0 Å². The Labute approximate surface area is 265 Å². The minimum absolute atomic E-state index is 0.0150. The molecule has 1 atom stereocenters. The van der Waals surface area contributed by atoms with Gasteiger partial charge in [-0.3, -0.25) is 9.36 Å². The molecule has 0 saturated carbocycles. The number of thiazole rings is 1. The third kappa shape index (κ3) is 6.34. The molecule has 5 rings (SSSR count). The standard InChI is InChI=1S/C33H30BrFN2O6S/c1-5-41-23-13-11-20(12-14-23)30-29(32(39)42-6-2)19(3)36-33-37(30)31(38)28(44-33)16-22-15-26(40-4)27(17-24(22)34)43-18-21-9-7-8-10-25(21)35/h7-17,30H,5-6,18H2,1-4H3/b28-16+/t30-/m1/s1. The number of hydrogen-bond acceptors (Lipinski definition) is 8. The summed E-state index contributed by atoms with van der Waals surface area (Å²) in [4.78, 5) is 32.2. The molecule has 0 unspecified atom stereocenters. The Morgan fingerprint density at radius 1 is 1.07 bits per heavy atom. The Bertz CT molecular complexity index is 1920. The van der Waals surface area contributed by atoms with Crippen LogP contribution in [0.25, 0.3) is 6.08 Å². The molecule has 44 heavy (non-hydrogen) atoms. The predicted molar refractivity (Wildman–Crippen MR) is 169 cm³/mol. The topological polar surface area (TPSA) is 88.4 Å². The van der Waals surface area contributed by atoms with Gasteiger partial charge in [0.25, 0.3) is 5.56 Å². The second-order valence-corrected chi connectivity index (χ2v) is 11.6. The molecule has 0 amide bonds. The van der Waals surface area contributed by atoms with Crippen LogP contribution in [0.4, 0.5) is 4.39 Å². The van der Waals surface area contributed by atoms with Gasteiger partial charge in [-0.25, -0.2) is 14.2 Å². The number of esters is 1. The van der Waals surface area contributed by atoms with Gasteiger partial charge in [-0.1, -0.05) is 57.6 Å². The number of nitrogens with zero attached hydrogens (tertiary/aromatic N) is 2. The van der Waals surface area contributed by atoms with Crippen LogP contribution >= 0.6 is 27.3 Å². The van der Waals surface area contributed by atoms with Gasteiger partial charge >= 0.3 is 5.97 Å². The van der Waals surface area contributed by atoms with E-state index >= 15 is 0 Å². The van der Waals surface area contributed by atoms with Crippen LogP contribution < -0.4 is 29.1 Å². The first-order valence-electron chi connectivity index (χ1n) is 13.9. The van der Waals surface area contributed by atoms with Gasteiger partial charge in [0.1, 0.15) is 18.2 Å². The van der Waals surface area contributed by atoms with Crippen molar-refractivity contribution in [3.8, 4) is 17.2 Å². The molecule has 1 aromatic heterocycles. The van der Waals surface area contributed by atoms with E-state index in [2.05, 4.69) is 20.9 Å². The summed E-state index contributed by atoms with van der Waals surface area (Å²) in [5.41, 5.74) is 2.26. The Balaban J connectivity index is 1.57.